The maximum absolute atomic E-state index is 14.9. The largest absolute Gasteiger partial charge is 0.457 e. The molecule has 0 aliphatic carbocycles. The van der Waals surface area contributed by atoms with Crippen molar-refractivity contribution in [1.82, 2.24) is 19.7 Å². The van der Waals surface area contributed by atoms with E-state index in [0.717, 1.165) is 22.2 Å². The zero-order chi connectivity index (χ0) is 28.2. The molecule has 5 rings (SSSR count). The van der Waals surface area contributed by atoms with Crippen LogP contribution in [0.5, 0.6) is 11.5 Å². The number of urea groups is 1. The summed E-state index contributed by atoms with van der Waals surface area (Å²) in [5.41, 5.74) is 1.59. The molecule has 0 spiro atoms. The molecule has 5 aromatic rings. The summed E-state index contributed by atoms with van der Waals surface area (Å²) < 4.78 is 22.4. The molecule has 0 aliphatic heterocycles. The van der Waals surface area contributed by atoms with Gasteiger partial charge in [0, 0.05) is 48.2 Å². The first-order chi connectivity index (χ1) is 19.2. The van der Waals surface area contributed by atoms with Crippen LogP contribution in [0.15, 0.2) is 79.3 Å². The van der Waals surface area contributed by atoms with Crippen LogP contribution >= 0.6 is 0 Å². The molecular weight excluding hydrogens is 509 g/mol. The number of pyridine rings is 2. The maximum atomic E-state index is 14.9. The van der Waals surface area contributed by atoms with Crippen LogP contribution < -0.4 is 20.7 Å². The molecule has 0 aliphatic rings. The Morgan fingerprint density at radius 2 is 1.73 bits per heavy atom. The van der Waals surface area contributed by atoms with Crippen molar-refractivity contribution in [2.45, 2.75) is 39.7 Å². The quantitative estimate of drug-likeness (QED) is 0.191. The number of halogens is 1. The number of carbonyl (C=O) groups excluding carboxylic acids is 1. The third-order valence-electron chi connectivity index (χ3n) is 6.02. The van der Waals surface area contributed by atoms with Crippen molar-refractivity contribution in [2.75, 3.05) is 16.0 Å². The lowest BCUT2D eigenvalue weighted by atomic mass is 10.1. The summed E-state index contributed by atoms with van der Waals surface area (Å²) in [5, 5.41) is 15.3. The molecule has 3 N–H and O–H groups in total. The van der Waals surface area contributed by atoms with Crippen LogP contribution in [-0.4, -0.2) is 31.8 Å². The summed E-state index contributed by atoms with van der Waals surface area (Å²) in [6, 6.07) is 16.8. The van der Waals surface area contributed by atoms with E-state index in [4.69, 9.17) is 9.84 Å². The Hall–Kier alpha value is -4.99. The van der Waals surface area contributed by atoms with E-state index < -0.39 is 11.8 Å². The minimum Gasteiger partial charge on any atom is -0.457 e. The van der Waals surface area contributed by atoms with Crippen molar-refractivity contribution in [1.29, 1.82) is 0 Å². The minimum atomic E-state index is -0.637. The lowest BCUT2D eigenvalue weighted by Gasteiger charge is -2.13. The van der Waals surface area contributed by atoms with Crippen LogP contribution in [0.3, 0.4) is 0 Å². The second kappa shape index (κ2) is 11.4. The Labute approximate surface area is 231 Å². The number of nitrogens with zero attached hydrogens (tertiary/aromatic N) is 4. The average Bonchev–Trinajstić information content (AvgIpc) is 3.34. The third kappa shape index (κ3) is 6.17. The van der Waals surface area contributed by atoms with Crippen molar-refractivity contribution in [3.8, 4) is 17.2 Å². The summed E-state index contributed by atoms with van der Waals surface area (Å²) in [6.07, 6.45) is 5.13. The second-order valence-corrected chi connectivity index (χ2v) is 9.93. The Morgan fingerprint density at radius 1 is 0.900 bits per heavy atom. The molecule has 0 unspecified atom stereocenters. The van der Waals surface area contributed by atoms with Crippen LogP contribution in [0.25, 0.3) is 16.5 Å². The van der Waals surface area contributed by atoms with Gasteiger partial charge in [-0.2, -0.15) is 5.10 Å². The Kier molecular flexibility index (Phi) is 7.59. The van der Waals surface area contributed by atoms with Gasteiger partial charge in [0.2, 0.25) is 0 Å². The second-order valence-electron chi connectivity index (χ2n) is 9.93. The van der Waals surface area contributed by atoms with Gasteiger partial charge in [-0.3, -0.25) is 10.3 Å². The Morgan fingerprint density at radius 3 is 2.50 bits per heavy atom. The fourth-order valence-corrected chi connectivity index (χ4v) is 4.09. The molecule has 3 aromatic heterocycles. The number of anilines is 3. The molecule has 3 heterocycles. The van der Waals surface area contributed by atoms with Crippen LogP contribution in [0.2, 0.25) is 0 Å². The van der Waals surface area contributed by atoms with Gasteiger partial charge in [-0.15, -0.1) is 0 Å². The van der Waals surface area contributed by atoms with Crippen molar-refractivity contribution in [3.05, 3.63) is 90.8 Å². The van der Waals surface area contributed by atoms with E-state index in [1.807, 2.05) is 58.0 Å². The molecule has 0 fully saturated rings. The van der Waals surface area contributed by atoms with Gasteiger partial charge in [0.1, 0.15) is 29.0 Å². The highest BCUT2D eigenvalue weighted by atomic mass is 19.1. The van der Waals surface area contributed by atoms with Gasteiger partial charge in [-0.1, -0.05) is 19.9 Å². The third-order valence-corrected chi connectivity index (χ3v) is 6.02. The molecule has 0 atom stereocenters. The number of fused-ring (bicyclic) bond motifs is 1. The average molecular weight is 540 g/mol. The highest BCUT2D eigenvalue weighted by Crippen LogP contribution is 2.28. The van der Waals surface area contributed by atoms with Crippen LogP contribution in [0.4, 0.5) is 26.5 Å². The Balaban J connectivity index is 1.31. The molecule has 2 aromatic carbocycles. The number of aromatic nitrogens is 4. The minimum absolute atomic E-state index is 0.00935. The molecule has 40 heavy (non-hydrogen) atoms. The predicted octanol–water partition coefficient (Wildman–Crippen LogP) is 7.33. The number of benzene rings is 2. The van der Waals surface area contributed by atoms with Gasteiger partial charge in [0.25, 0.3) is 0 Å². The first kappa shape index (κ1) is 26.6. The summed E-state index contributed by atoms with van der Waals surface area (Å²) in [7, 11) is 0. The first-order valence-corrected chi connectivity index (χ1v) is 13.0. The fourth-order valence-electron chi connectivity index (χ4n) is 4.09. The van der Waals surface area contributed by atoms with E-state index in [0.29, 0.717) is 17.4 Å². The molecular formula is C30H30FN7O2. The number of amides is 2. The molecule has 9 nitrogen and oxygen atoms in total. The first-order valence-electron chi connectivity index (χ1n) is 13.0. The number of carbonyl (C=O) groups is 1. The number of ether oxygens (including phenoxy) is 1. The monoisotopic (exact) mass is 539 g/mol. The number of nitrogens with one attached hydrogen (secondary N) is 3. The van der Waals surface area contributed by atoms with Gasteiger partial charge in [-0.25, -0.2) is 18.9 Å². The van der Waals surface area contributed by atoms with Crippen LogP contribution in [-0.2, 0) is 0 Å². The van der Waals surface area contributed by atoms with Gasteiger partial charge in [0.15, 0.2) is 0 Å². The number of hydrogen-bond acceptors (Lipinski definition) is 6. The molecule has 204 valence electrons. The van der Waals surface area contributed by atoms with Gasteiger partial charge in [-0.05, 0) is 61.5 Å². The van der Waals surface area contributed by atoms with Gasteiger partial charge in [0.05, 0.1) is 17.1 Å². The van der Waals surface area contributed by atoms with E-state index >= 15 is 0 Å². The fraction of sp³-hybridized carbons (Fsp3) is 0.200. The van der Waals surface area contributed by atoms with E-state index in [1.165, 1.54) is 12.1 Å². The van der Waals surface area contributed by atoms with Crippen LogP contribution in [0, 0.1) is 5.82 Å². The summed E-state index contributed by atoms with van der Waals surface area (Å²) in [5.74, 6) is 1.41. The maximum Gasteiger partial charge on any atom is 0.324 e. The van der Waals surface area contributed by atoms with Crippen molar-refractivity contribution in [2.24, 2.45) is 0 Å². The van der Waals surface area contributed by atoms with E-state index in [9.17, 15) is 9.18 Å². The molecule has 10 heteroatoms. The lowest BCUT2D eigenvalue weighted by molar-refractivity contribution is 0.262. The van der Waals surface area contributed by atoms with E-state index in [-0.39, 0.29) is 23.4 Å². The summed E-state index contributed by atoms with van der Waals surface area (Å²) in [4.78, 5) is 21.3. The zero-order valence-electron chi connectivity index (χ0n) is 22.6. The smallest absolute Gasteiger partial charge is 0.324 e. The predicted molar refractivity (Wildman–Crippen MR) is 155 cm³/mol. The standard InChI is InChI=1S/C30H30FN7O2/c1-18(2)27-16-29(38(37-27)22-6-5-21-17-32-11-9-20(21)13-22)36-30(39)35-26-8-7-23(14-25(26)31)40-24-10-12-33-28(15-24)34-19(3)4/h5-19H,1-4H3,(H,33,34)(H2,35,36,39). The van der Waals surface area contributed by atoms with Crippen molar-refractivity contribution >= 4 is 34.1 Å². The van der Waals surface area contributed by atoms with Crippen molar-refractivity contribution in [3.63, 3.8) is 0 Å². The summed E-state index contributed by atoms with van der Waals surface area (Å²) >= 11 is 0. The van der Waals surface area contributed by atoms with Crippen LogP contribution in [0.1, 0.15) is 39.3 Å². The molecule has 0 radical (unpaired) electrons. The number of hydrogen-bond donors (Lipinski definition) is 3. The highest BCUT2D eigenvalue weighted by molar-refractivity contribution is 5.99. The molecule has 0 saturated carbocycles. The lowest BCUT2D eigenvalue weighted by Crippen LogP contribution is -2.22. The zero-order valence-corrected chi connectivity index (χ0v) is 22.6. The topological polar surface area (TPSA) is 106 Å². The van der Waals surface area contributed by atoms with E-state index in [1.54, 1.807) is 41.5 Å². The van der Waals surface area contributed by atoms with Gasteiger partial charge < -0.3 is 15.4 Å². The van der Waals surface area contributed by atoms with E-state index in [2.05, 4.69) is 25.9 Å². The van der Waals surface area contributed by atoms with Gasteiger partial charge >= 0.3 is 6.03 Å². The SMILES string of the molecule is CC(C)Nc1cc(Oc2ccc(NC(=O)Nc3cc(C(C)C)nn3-c3ccc4cnccc4c3)c(F)c2)ccn1. The molecule has 2 amide bonds. The molecule has 0 bridgehead atoms. The summed E-state index contributed by atoms with van der Waals surface area (Å²) in [6.45, 7) is 8.06. The van der Waals surface area contributed by atoms with Crippen molar-refractivity contribution < 1.29 is 13.9 Å². The Bertz CT molecular complexity index is 1670. The highest BCUT2D eigenvalue weighted by Gasteiger charge is 2.16. The molecule has 0 saturated heterocycles. The normalized spacial score (nSPS) is 11.2. The number of rotatable bonds is 8.